The number of oxazole rings is 1. The highest BCUT2D eigenvalue weighted by Crippen LogP contribution is 2.38. The average molecular weight is 419 g/mol. The van der Waals surface area contributed by atoms with Gasteiger partial charge >= 0.3 is 6.03 Å². The number of amides is 2. The van der Waals surface area contributed by atoms with Crippen molar-refractivity contribution in [3.8, 4) is 17.3 Å². The minimum atomic E-state index is -0.311. The molecule has 0 unspecified atom stereocenters. The maximum atomic E-state index is 13.1. The van der Waals surface area contributed by atoms with Crippen molar-refractivity contribution in [3.05, 3.63) is 65.9 Å². The van der Waals surface area contributed by atoms with E-state index < -0.39 is 0 Å². The molecule has 4 heterocycles. The Morgan fingerprint density at radius 2 is 1.97 bits per heavy atom. The van der Waals surface area contributed by atoms with Crippen molar-refractivity contribution in [3.63, 3.8) is 0 Å². The Labute approximate surface area is 176 Å². The van der Waals surface area contributed by atoms with Crippen LogP contribution in [0, 0.1) is 5.82 Å². The average Bonchev–Trinajstić information content (AvgIpc) is 3.37. The number of aromatic hydroxyl groups is 1. The Bertz CT molecular complexity index is 1290. The van der Waals surface area contributed by atoms with Crippen LogP contribution in [0.15, 0.2) is 53.2 Å². The van der Waals surface area contributed by atoms with Crippen molar-refractivity contribution < 1.29 is 18.7 Å². The minimum absolute atomic E-state index is 0.105. The van der Waals surface area contributed by atoms with Crippen molar-refractivity contribution in [2.45, 2.75) is 6.42 Å². The number of pyridine rings is 2. The summed E-state index contributed by atoms with van der Waals surface area (Å²) in [5, 5.41) is 11.4. The van der Waals surface area contributed by atoms with E-state index in [9.17, 15) is 14.3 Å². The van der Waals surface area contributed by atoms with Crippen LogP contribution in [-0.4, -0.2) is 51.1 Å². The summed E-state index contributed by atoms with van der Waals surface area (Å²) < 4.78 is 19.0. The molecule has 1 saturated heterocycles. The number of hydrogen-bond donors (Lipinski definition) is 1. The minimum Gasteiger partial charge on any atom is -0.504 e. The molecule has 5 rings (SSSR count). The molecular weight excluding hydrogens is 401 g/mol. The molecule has 2 amide bonds. The molecule has 31 heavy (non-hydrogen) atoms. The highest BCUT2D eigenvalue weighted by molar-refractivity contribution is 6.04. The van der Waals surface area contributed by atoms with Gasteiger partial charge in [0.05, 0.1) is 6.20 Å². The van der Waals surface area contributed by atoms with E-state index in [1.807, 2.05) is 0 Å². The number of halogens is 1. The lowest BCUT2D eigenvalue weighted by Crippen LogP contribution is -2.30. The largest absolute Gasteiger partial charge is 0.504 e. The summed E-state index contributed by atoms with van der Waals surface area (Å²) in [6.45, 7) is 1.04. The number of urea groups is 1. The lowest BCUT2D eigenvalue weighted by atomic mass is 10.1. The van der Waals surface area contributed by atoms with Crippen LogP contribution >= 0.6 is 0 Å². The molecule has 3 aromatic heterocycles. The van der Waals surface area contributed by atoms with Crippen LogP contribution in [0.25, 0.3) is 22.5 Å². The van der Waals surface area contributed by atoms with E-state index in [4.69, 9.17) is 4.42 Å². The number of anilines is 1. The monoisotopic (exact) mass is 419 g/mol. The SMILES string of the molecule is CN1CCN(c2nc(-c3ncc(Cc4ccc(F)cc4)o3)c(O)c3ncccc23)C1=O. The van der Waals surface area contributed by atoms with E-state index in [2.05, 4.69) is 15.0 Å². The maximum Gasteiger partial charge on any atom is 0.325 e. The fourth-order valence-electron chi connectivity index (χ4n) is 3.61. The topological polar surface area (TPSA) is 95.6 Å². The normalized spacial score (nSPS) is 14.1. The summed E-state index contributed by atoms with van der Waals surface area (Å²) in [4.78, 5) is 28.8. The van der Waals surface area contributed by atoms with Gasteiger partial charge in [0.25, 0.3) is 0 Å². The van der Waals surface area contributed by atoms with Crippen molar-refractivity contribution in [2.24, 2.45) is 0 Å². The lowest BCUT2D eigenvalue weighted by Gasteiger charge is -2.18. The summed E-state index contributed by atoms with van der Waals surface area (Å²) in [6, 6.07) is 9.40. The second kappa shape index (κ2) is 7.35. The van der Waals surface area contributed by atoms with Crippen LogP contribution in [0.3, 0.4) is 0 Å². The predicted octanol–water partition coefficient (Wildman–Crippen LogP) is 3.59. The molecule has 156 valence electrons. The van der Waals surface area contributed by atoms with Gasteiger partial charge in [-0.2, -0.15) is 0 Å². The molecule has 0 spiro atoms. The molecule has 0 atom stereocenters. The molecule has 4 aromatic rings. The lowest BCUT2D eigenvalue weighted by molar-refractivity contribution is 0.229. The van der Waals surface area contributed by atoms with Crippen LogP contribution in [0.5, 0.6) is 5.75 Å². The second-order valence-corrected chi connectivity index (χ2v) is 7.32. The molecule has 1 aromatic carbocycles. The van der Waals surface area contributed by atoms with Gasteiger partial charge in [0.15, 0.2) is 11.4 Å². The molecule has 0 aliphatic carbocycles. The van der Waals surface area contributed by atoms with Gasteiger partial charge in [0, 0.05) is 38.1 Å². The molecule has 8 nitrogen and oxygen atoms in total. The van der Waals surface area contributed by atoms with Gasteiger partial charge in [-0.1, -0.05) is 12.1 Å². The van der Waals surface area contributed by atoms with Gasteiger partial charge in [-0.15, -0.1) is 0 Å². The zero-order valence-corrected chi connectivity index (χ0v) is 16.6. The maximum absolute atomic E-state index is 13.1. The van der Waals surface area contributed by atoms with E-state index in [1.54, 1.807) is 47.3 Å². The highest BCUT2D eigenvalue weighted by atomic mass is 19.1. The Morgan fingerprint density at radius 1 is 1.16 bits per heavy atom. The van der Waals surface area contributed by atoms with Crippen LogP contribution in [0.2, 0.25) is 0 Å². The first-order valence-corrected chi connectivity index (χ1v) is 9.71. The molecule has 0 radical (unpaired) electrons. The van der Waals surface area contributed by atoms with Gasteiger partial charge in [0.1, 0.15) is 22.9 Å². The molecule has 1 fully saturated rings. The number of rotatable bonds is 4. The molecule has 1 aliphatic rings. The van der Waals surface area contributed by atoms with E-state index in [1.165, 1.54) is 18.3 Å². The Kier molecular flexibility index (Phi) is 4.50. The Morgan fingerprint density at radius 3 is 2.71 bits per heavy atom. The highest BCUT2D eigenvalue weighted by Gasteiger charge is 2.31. The molecule has 9 heteroatoms. The second-order valence-electron chi connectivity index (χ2n) is 7.32. The summed E-state index contributed by atoms with van der Waals surface area (Å²) in [7, 11) is 1.72. The summed E-state index contributed by atoms with van der Waals surface area (Å²) in [5.74, 6) is 0.554. The zero-order valence-electron chi connectivity index (χ0n) is 16.6. The standard InChI is InChI=1S/C22H18FN5O3/c1-27-9-10-28(22(27)30)20-16-3-2-8-24-17(16)19(29)18(26-20)21-25-12-15(31-21)11-13-4-6-14(23)7-5-13/h2-8,12,29H,9-11H2,1H3. The first kappa shape index (κ1) is 19.0. The molecule has 1 aliphatic heterocycles. The number of benzene rings is 1. The first-order valence-electron chi connectivity index (χ1n) is 9.71. The number of fused-ring (bicyclic) bond motifs is 1. The van der Waals surface area contributed by atoms with Crippen LogP contribution < -0.4 is 4.90 Å². The third-order valence-electron chi connectivity index (χ3n) is 5.23. The number of carbonyl (C=O) groups is 1. The van der Waals surface area contributed by atoms with Gasteiger partial charge in [-0.3, -0.25) is 9.88 Å². The van der Waals surface area contributed by atoms with E-state index in [0.29, 0.717) is 42.0 Å². The van der Waals surface area contributed by atoms with Gasteiger partial charge < -0.3 is 14.4 Å². The van der Waals surface area contributed by atoms with Gasteiger partial charge in [0.2, 0.25) is 5.89 Å². The molecular formula is C22H18FN5O3. The first-order chi connectivity index (χ1) is 15.0. The number of carbonyl (C=O) groups excluding carboxylic acids is 1. The third kappa shape index (κ3) is 3.33. The Balaban J connectivity index is 1.57. The fourth-order valence-corrected chi connectivity index (χ4v) is 3.61. The van der Waals surface area contributed by atoms with Gasteiger partial charge in [-0.05, 0) is 29.8 Å². The van der Waals surface area contributed by atoms with Crippen molar-refractivity contribution in [2.75, 3.05) is 25.0 Å². The third-order valence-corrected chi connectivity index (χ3v) is 5.23. The molecule has 0 saturated carbocycles. The van der Waals surface area contributed by atoms with E-state index in [-0.39, 0.29) is 29.2 Å². The molecule has 0 bridgehead atoms. The summed E-state index contributed by atoms with van der Waals surface area (Å²) in [5.41, 5.74) is 1.27. The number of aromatic nitrogens is 3. The van der Waals surface area contributed by atoms with E-state index >= 15 is 0 Å². The van der Waals surface area contributed by atoms with Crippen molar-refractivity contribution in [1.29, 1.82) is 0 Å². The predicted molar refractivity (Wildman–Crippen MR) is 111 cm³/mol. The summed E-state index contributed by atoms with van der Waals surface area (Å²) >= 11 is 0. The van der Waals surface area contributed by atoms with Crippen molar-refractivity contribution in [1.82, 2.24) is 19.9 Å². The fraction of sp³-hybridized carbons (Fsp3) is 0.182. The van der Waals surface area contributed by atoms with Crippen LogP contribution in [0.4, 0.5) is 15.0 Å². The van der Waals surface area contributed by atoms with Gasteiger partial charge in [-0.25, -0.2) is 19.2 Å². The zero-order chi connectivity index (χ0) is 21.5. The number of hydrogen-bond acceptors (Lipinski definition) is 6. The molecule has 1 N–H and O–H groups in total. The van der Waals surface area contributed by atoms with Crippen LogP contribution in [-0.2, 0) is 6.42 Å². The quantitative estimate of drug-likeness (QED) is 0.543. The summed E-state index contributed by atoms with van der Waals surface area (Å²) in [6.07, 6.45) is 3.50. The number of nitrogens with zero attached hydrogens (tertiary/aromatic N) is 5. The van der Waals surface area contributed by atoms with Crippen LogP contribution in [0.1, 0.15) is 11.3 Å². The van der Waals surface area contributed by atoms with E-state index in [0.717, 1.165) is 5.56 Å². The number of likely N-dealkylation sites (N-methyl/N-ethyl adjacent to an activating group) is 1. The Hall–Kier alpha value is -4.01. The smallest absolute Gasteiger partial charge is 0.325 e. The van der Waals surface area contributed by atoms with Crippen molar-refractivity contribution >= 4 is 22.8 Å².